The van der Waals surface area contributed by atoms with Crippen molar-refractivity contribution in [3.8, 4) is 0 Å². The van der Waals surface area contributed by atoms with Gasteiger partial charge in [0, 0.05) is 6.07 Å². The summed E-state index contributed by atoms with van der Waals surface area (Å²) < 4.78 is 5.04. The number of carbonyl (C=O) groups is 1. The molecule has 2 N–H and O–H groups in total. The van der Waals surface area contributed by atoms with Crippen LogP contribution in [-0.4, -0.2) is 21.2 Å². The Hall–Kier alpha value is -2.37. The molecule has 0 saturated heterocycles. The molecule has 0 aliphatic carbocycles. The number of aromatic carboxylic acids is 1. The van der Waals surface area contributed by atoms with Gasteiger partial charge in [0.25, 0.3) is 0 Å². The number of nitrogens with one attached hydrogen (secondary N) is 1. The van der Waals surface area contributed by atoms with E-state index in [1.165, 1.54) is 6.07 Å². The van der Waals surface area contributed by atoms with Crippen LogP contribution >= 0.6 is 0 Å². The van der Waals surface area contributed by atoms with Gasteiger partial charge in [0.1, 0.15) is 5.82 Å². The quantitative estimate of drug-likeness (QED) is 0.859. The molecule has 0 bridgehead atoms. The molecule has 2 heterocycles. The molecule has 94 valence electrons. The molecule has 0 fully saturated rings. The third-order valence-electron chi connectivity index (χ3n) is 2.44. The van der Waals surface area contributed by atoms with Gasteiger partial charge >= 0.3 is 5.97 Å². The summed E-state index contributed by atoms with van der Waals surface area (Å²) in [5, 5.41) is 15.7. The smallest absolute Gasteiger partial charge is 0.337 e. The van der Waals surface area contributed by atoms with Crippen LogP contribution in [-0.2, 0) is 6.54 Å². The average molecular weight is 247 g/mol. The summed E-state index contributed by atoms with van der Waals surface area (Å²) in [5.74, 6) is 0.332. The van der Waals surface area contributed by atoms with E-state index in [1.807, 2.05) is 13.0 Å². The van der Waals surface area contributed by atoms with Crippen LogP contribution in [0.5, 0.6) is 0 Å². The second-order valence-corrected chi connectivity index (χ2v) is 3.92. The maximum atomic E-state index is 10.8. The Kier molecular flexibility index (Phi) is 3.27. The molecular weight excluding hydrogens is 234 g/mol. The van der Waals surface area contributed by atoms with Crippen molar-refractivity contribution < 1.29 is 14.4 Å². The maximum absolute atomic E-state index is 10.8. The predicted octanol–water partition coefficient (Wildman–Crippen LogP) is 2.00. The molecule has 0 spiro atoms. The highest BCUT2D eigenvalue weighted by molar-refractivity contribution is 5.89. The van der Waals surface area contributed by atoms with E-state index in [1.54, 1.807) is 13.0 Å². The van der Waals surface area contributed by atoms with Crippen LogP contribution in [0.15, 0.2) is 22.7 Å². The van der Waals surface area contributed by atoms with E-state index in [0.29, 0.717) is 23.8 Å². The fourth-order valence-corrected chi connectivity index (χ4v) is 1.56. The Labute approximate surface area is 104 Å². The van der Waals surface area contributed by atoms with Crippen molar-refractivity contribution in [3.63, 3.8) is 0 Å². The van der Waals surface area contributed by atoms with Crippen molar-refractivity contribution in [3.05, 3.63) is 40.9 Å². The van der Waals surface area contributed by atoms with Gasteiger partial charge < -0.3 is 14.9 Å². The fourth-order valence-electron chi connectivity index (χ4n) is 1.56. The number of anilines is 1. The highest BCUT2D eigenvalue weighted by Gasteiger charge is 2.08. The first-order chi connectivity index (χ1) is 8.56. The molecule has 0 unspecified atom stereocenters. The lowest BCUT2D eigenvalue weighted by atomic mass is 10.2. The number of nitrogens with zero attached hydrogens (tertiary/aromatic N) is 2. The maximum Gasteiger partial charge on any atom is 0.337 e. The molecule has 6 heteroatoms. The lowest BCUT2D eigenvalue weighted by Crippen LogP contribution is -2.05. The molecule has 6 nitrogen and oxygen atoms in total. The second kappa shape index (κ2) is 4.87. The fraction of sp³-hybridized carbons (Fsp3) is 0.250. The van der Waals surface area contributed by atoms with Crippen molar-refractivity contribution in [2.24, 2.45) is 0 Å². The molecule has 0 amide bonds. The summed E-state index contributed by atoms with van der Waals surface area (Å²) in [6.45, 7) is 3.96. The van der Waals surface area contributed by atoms with Crippen LogP contribution in [0.25, 0.3) is 0 Å². The normalized spacial score (nSPS) is 10.3. The Morgan fingerprint density at radius 3 is 2.78 bits per heavy atom. The Bertz CT molecular complexity index is 578. The zero-order valence-electron chi connectivity index (χ0n) is 10.1. The van der Waals surface area contributed by atoms with Crippen LogP contribution in [0.3, 0.4) is 0 Å². The molecule has 2 aromatic rings. The number of pyridine rings is 1. The molecule has 0 atom stereocenters. The average Bonchev–Trinajstić information content (AvgIpc) is 2.72. The lowest BCUT2D eigenvalue weighted by molar-refractivity contribution is 0.0695. The van der Waals surface area contributed by atoms with Gasteiger partial charge in [-0.2, -0.15) is 0 Å². The standard InChI is InChI=1S/C12H13N3O3/c1-7-5-9(18-15-7)6-13-11-4-3-10(12(16)17)8(2)14-11/h3-5H,6H2,1-2H3,(H,13,14)(H,16,17). The minimum Gasteiger partial charge on any atom is -0.478 e. The second-order valence-electron chi connectivity index (χ2n) is 3.92. The third-order valence-corrected chi connectivity index (χ3v) is 2.44. The Morgan fingerprint density at radius 1 is 1.44 bits per heavy atom. The minimum absolute atomic E-state index is 0.205. The van der Waals surface area contributed by atoms with Gasteiger partial charge in [-0.05, 0) is 26.0 Å². The number of carboxylic acids is 1. The molecule has 0 aromatic carbocycles. The molecule has 2 rings (SSSR count). The SMILES string of the molecule is Cc1cc(CNc2ccc(C(=O)O)c(C)n2)on1. The number of aryl methyl sites for hydroxylation is 2. The van der Waals surface area contributed by atoms with E-state index >= 15 is 0 Å². The third kappa shape index (κ3) is 2.65. The Morgan fingerprint density at radius 2 is 2.22 bits per heavy atom. The van der Waals surface area contributed by atoms with E-state index in [-0.39, 0.29) is 5.56 Å². The first kappa shape index (κ1) is 12.1. The number of hydrogen-bond donors (Lipinski definition) is 2. The van der Waals surface area contributed by atoms with E-state index in [4.69, 9.17) is 9.63 Å². The Balaban J connectivity index is 2.06. The number of carboxylic acid groups (broad SMARTS) is 1. The summed E-state index contributed by atoms with van der Waals surface area (Å²) in [6.07, 6.45) is 0. The van der Waals surface area contributed by atoms with Gasteiger partial charge in [0.15, 0.2) is 5.76 Å². The summed E-state index contributed by atoms with van der Waals surface area (Å²) in [4.78, 5) is 15.0. The monoisotopic (exact) mass is 247 g/mol. The topological polar surface area (TPSA) is 88.2 Å². The van der Waals surface area contributed by atoms with E-state index < -0.39 is 5.97 Å². The van der Waals surface area contributed by atoms with Gasteiger partial charge in [0.2, 0.25) is 0 Å². The highest BCUT2D eigenvalue weighted by atomic mass is 16.5. The first-order valence-electron chi connectivity index (χ1n) is 5.43. The van der Waals surface area contributed by atoms with Gasteiger partial charge in [-0.15, -0.1) is 0 Å². The van der Waals surface area contributed by atoms with Crippen LogP contribution in [0.1, 0.15) is 27.5 Å². The van der Waals surface area contributed by atoms with Crippen LogP contribution < -0.4 is 5.32 Å². The van der Waals surface area contributed by atoms with Crippen LogP contribution in [0.4, 0.5) is 5.82 Å². The van der Waals surface area contributed by atoms with E-state index in [2.05, 4.69) is 15.5 Å². The van der Waals surface area contributed by atoms with E-state index in [0.717, 1.165) is 5.69 Å². The summed E-state index contributed by atoms with van der Waals surface area (Å²) >= 11 is 0. The van der Waals surface area contributed by atoms with Crippen LogP contribution in [0.2, 0.25) is 0 Å². The van der Waals surface area contributed by atoms with Gasteiger partial charge in [-0.25, -0.2) is 9.78 Å². The van der Waals surface area contributed by atoms with Gasteiger partial charge in [-0.3, -0.25) is 0 Å². The largest absolute Gasteiger partial charge is 0.478 e. The molecule has 2 aromatic heterocycles. The molecule has 0 aliphatic heterocycles. The summed E-state index contributed by atoms with van der Waals surface area (Å²) in [7, 11) is 0. The van der Waals surface area contributed by atoms with Crippen molar-refractivity contribution >= 4 is 11.8 Å². The molecular formula is C12H13N3O3. The van der Waals surface area contributed by atoms with Gasteiger partial charge in [0.05, 0.1) is 23.5 Å². The lowest BCUT2D eigenvalue weighted by Gasteiger charge is -2.05. The number of rotatable bonds is 4. The number of aromatic nitrogens is 2. The highest BCUT2D eigenvalue weighted by Crippen LogP contribution is 2.12. The number of hydrogen-bond acceptors (Lipinski definition) is 5. The van der Waals surface area contributed by atoms with Crippen molar-refractivity contribution in [1.29, 1.82) is 0 Å². The zero-order chi connectivity index (χ0) is 13.1. The summed E-state index contributed by atoms with van der Waals surface area (Å²) in [5.41, 5.74) is 1.49. The van der Waals surface area contributed by atoms with Gasteiger partial charge in [-0.1, -0.05) is 5.16 Å². The van der Waals surface area contributed by atoms with E-state index in [9.17, 15) is 4.79 Å². The molecule has 0 saturated carbocycles. The molecule has 18 heavy (non-hydrogen) atoms. The van der Waals surface area contributed by atoms with Crippen molar-refractivity contribution in [2.45, 2.75) is 20.4 Å². The zero-order valence-corrected chi connectivity index (χ0v) is 10.1. The predicted molar refractivity (Wildman–Crippen MR) is 64.5 cm³/mol. The van der Waals surface area contributed by atoms with Crippen molar-refractivity contribution in [2.75, 3.05) is 5.32 Å². The first-order valence-corrected chi connectivity index (χ1v) is 5.43. The minimum atomic E-state index is -0.975. The van der Waals surface area contributed by atoms with Crippen molar-refractivity contribution in [1.82, 2.24) is 10.1 Å². The summed E-state index contributed by atoms with van der Waals surface area (Å²) in [6, 6.07) is 4.98. The molecule has 0 radical (unpaired) electrons. The molecule has 0 aliphatic rings. The van der Waals surface area contributed by atoms with Crippen LogP contribution in [0, 0.1) is 13.8 Å².